The van der Waals surface area contributed by atoms with Crippen LogP contribution in [0.4, 0.5) is 5.69 Å². The molecule has 1 saturated carbocycles. The van der Waals surface area contributed by atoms with Crippen molar-refractivity contribution in [1.29, 1.82) is 5.26 Å². The molecular formula is C15H17ClN2. The first-order chi connectivity index (χ1) is 8.78. The summed E-state index contributed by atoms with van der Waals surface area (Å²) in [6, 6.07) is 7.92. The first-order valence-corrected chi connectivity index (χ1v) is 7.10. The summed E-state index contributed by atoms with van der Waals surface area (Å²) in [5, 5.41) is 9.47. The summed E-state index contributed by atoms with van der Waals surface area (Å²) < 4.78 is 0. The quantitative estimate of drug-likeness (QED) is 0.767. The smallest absolute Gasteiger partial charge is 0.101 e. The Morgan fingerprint density at radius 2 is 1.83 bits per heavy atom. The molecule has 2 atom stereocenters. The normalized spacial score (nSPS) is 26.8. The van der Waals surface area contributed by atoms with E-state index in [0.29, 0.717) is 10.6 Å². The molecule has 1 aliphatic carbocycles. The third-order valence-corrected chi connectivity index (χ3v) is 4.73. The third kappa shape index (κ3) is 2.08. The fourth-order valence-electron chi connectivity index (χ4n) is 3.41. The van der Waals surface area contributed by atoms with Crippen molar-refractivity contribution < 1.29 is 0 Å². The van der Waals surface area contributed by atoms with Crippen molar-refractivity contribution in [3.8, 4) is 6.07 Å². The molecule has 0 radical (unpaired) electrons. The van der Waals surface area contributed by atoms with Crippen molar-refractivity contribution in [1.82, 2.24) is 0 Å². The van der Waals surface area contributed by atoms with E-state index in [1.165, 1.54) is 31.4 Å². The predicted octanol–water partition coefficient (Wildman–Crippen LogP) is 3.84. The second-order valence-electron chi connectivity index (χ2n) is 5.49. The molecule has 94 valence electrons. The lowest BCUT2D eigenvalue weighted by Gasteiger charge is -2.22. The van der Waals surface area contributed by atoms with Gasteiger partial charge in [0.05, 0.1) is 10.6 Å². The zero-order valence-electron chi connectivity index (χ0n) is 10.4. The van der Waals surface area contributed by atoms with Crippen LogP contribution in [0.15, 0.2) is 18.2 Å². The van der Waals surface area contributed by atoms with E-state index < -0.39 is 0 Å². The van der Waals surface area contributed by atoms with Gasteiger partial charge in [-0.25, -0.2) is 0 Å². The van der Waals surface area contributed by atoms with Gasteiger partial charge in [0.1, 0.15) is 6.07 Å². The SMILES string of the molecule is N#Cc1ccc(N2CC3CCCCC3C2)cc1Cl. The number of benzene rings is 1. The standard InChI is InChI=1S/C15H17ClN2/c16-15-7-14(6-5-11(15)8-17)18-9-12-3-1-2-4-13(12)10-18/h5-7,12-13H,1-4,9-10H2. The summed E-state index contributed by atoms with van der Waals surface area (Å²) in [6.45, 7) is 2.32. The van der Waals surface area contributed by atoms with E-state index in [1.807, 2.05) is 18.2 Å². The van der Waals surface area contributed by atoms with Crippen molar-refractivity contribution in [2.45, 2.75) is 25.7 Å². The Kier molecular flexibility index (Phi) is 3.18. The van der Waals surface area contributed by atoms with E-state index in [1.54, 1.807) is 0 Å². The number of nitrogens with zero attached hydrogens (tertiary/aromatic N) is 2. The van der Waals surface area contributed by atoms with Crippen molar-refractivity contribution in [2.24, 2.45) is 11.8 Å². The second-order valence-corrected chi connectivity index (χ2v) is 5.89. The van der Waals surface area contributed by atoms with Gasteiger partial charge in [0.25, 0.3) is 0 Å². The van der Waals surface area contributed by atoms with Gasteiger partial charge in [-0.3, -0.25) is 0 Å². The number of hydrogen-bond acceptors (Lipinski definition) is 2. The van der Waals surface area contributed by atoms with Gasteiger partial charge < -0.3 is 4.90 Å². The Morgan fingerprint density at radius 1 is 1.17 bits per heavy atom. The summed E-state index contributed by atoms with van der Waals surface area (Å²) in [4.78, 5) is 2.44. The van der Waals surface area contributed by atoms with Gasteiger partial charge in [-0.2, -0.15) is 5.26 Å². The third-order valence-electron chi connectivity index (χ3n) is 4.41. The van der Waals surface area contributed by atoms with Crippen molar-refractivity contribution in [2.75, 3.05) is 18.0 Å². The van der Waals surface area contributed by atoms with Gasteiger partial charge in [0, 0.05) is 18.8 Å². The Balaban J connectivity index is 1.80. The maximum absolute atomic E-state index is 8.90. The molecule has 2 nitrogen and oxygen atoms in total. The highest BCUT2D eigenvalue weighted by molar-refractivity contribution is 6.32. The maximum Gasteiger partial charge on any atom is 0.101 e. The van der Waals surface area contributed by atoms with Crippen LogP contribution in [0.5, 0.6) is 0 Å². The molecule has 18 heavy (non-hydrogen) atoms. The fourth-order valence-corrected chi connectivity index (χ4v) is 3.63. The lowest BCUT2D eigenvalue weighted by atomic mass is 9.82. The number of anilines is 1. The molecule has 0 bridgehead atoms. The summed E-state index contributed by atoms with van der Waals surface area (Å²) in [7, 11) is 0. The van der Waals surface area contributed by atoms with Crippen LogP contribution in [-0.2, 0) is 0 Å². The maximum atomic E-state index is 8.90. The molecule has 2 aliphatic rings. The summed E-state index contributed by atoms with van der Waals surface area (Å²) in [5.74, 6) is 1.74. The summed E-state index contributed by atoms with van der Waals surface area (Å²) >= 11 is 6.11. The fraction of sp³-hybridized carbons (Fsp3) is 0.533. The van der Waals surface area contributed by atoms with E-state index >= 15 is 0 Å². The largest absolute Gasteiger partial charge is 0.371 e. The van der Waals surface area contributed by atoms with Crippen molar-refractivity contribution >= 4 is 17.3 Å². The highest BCUT2D eigenvalue weighted by Gasteiger charge is 2.34. The molecule has 2 unspecified atom stereocenters. The Hall–Kier alpha value is -1.20. The van der Waals surface area contributed by atoms with Gasteiger partial charge in [0.2, 0.25) is 0 Å². The van der Waals surface area contributed by atoms with Crippen LogP contribution in [0, 0.1) is 23.2 Å². The lowest BCUT2D eigenvalue weighted by molar-refractivity contribution is 0.299. The van der Waals surface area contributed by atoms with Gasteiger partial charge in [-0.1, -0.05) is 24.4 Å². The molecule has 1 aromatic rings. The van der Waals surface area contributed by atoms with Gasteiger partial charge in [-0.05, 0) is 42.9 Å². The molecule has 1 saturated heterocycles. The number of fused-ring (bicyclic) bond motifs is 1. The van der Waals surface area contributed by atoms with E-state index in [0.717, 1.165) is 24.9 Å². The monoisotopic (exact) mass is 260 g/mol. The molecule has 1 heterocycles. The van der Waals surface area contributed by atoms with Gasteiger partial charge >= 0.3 is 0 Å². The molecule has 3 rings (SSSR count). The molecule has 0 N–H and O–H groups in total. The first kappa shape index (κ1) is 11.9. The Labute approximate surface area is 113 Å². The van der Waals surface area contributed by atoms with Crippen LogP contribution in [0.3, 0.4) is 0 Å². The first-order valence-electron chi connectivity index (χ1n) is 6.72. The number of hydrogen-bond donors (Lipinski definition) is 0. The van der Waals surface area contributed by atoms with E-state index in [9.17, 15) is 0 Å². The average molecular weight is 261 g/mol. The van der Waals surface area contributed by atoms with Crippen LogP contribution in [-0.4, -0.2) is 13.1 Å². The van der Waals surface area contributed by atoms with Crippen LogP contribution < -0.4 is 4.90 Å². The number of halogens is 1. The lowest BCUT2D eigenvalue weighted by Crippen LogP contribution is -2.19. The summed E-state index contributed by atoms with van der Waals surface area (Å²) in [5.41, 5.74) is 1.74. The second kappa shape index (κ2) is 4.82. The van der Waals surface area contributed by atoms with Crippen LogP contribution in [0.2, 0.25) is 5.02 Å². The van der Waals surface area contributed by atoms with Crippen LogP contribution in [0.25, 0.3) is 0 Å². The average Bonchev–Trinajstić information content (AvgIpc) is 2.82. The van der Waals surface area contributed by atoms with Crippen LogP contribution >= 0.6 is 11.6 Å². The predicted molar refractivity (Wildman–Crippen MR) is 73.8 cm³/mol. The number of nitriles is 1. The minimum absolute atomic E-state index is 0.567. The minimum Gasteiger partial charge on any atom is -0.371 e. The van der Waals surface area contributed by atoms with Gasteiger partial charge in [0.15, 0.2) is 0 Å². The van der Waals surface area contributed by atoms with Crippen molar-refractivity contribution in [3.63, 3.8) is 0 Å². The highest BCUT2D eigenvalue weighted by atomic mass is 35.5. The van der Waals surface area contributed by atoms with Crippen molar-refractivity contribution in [3.05, 3.63) is 28.8 Å². The molecular weight excluding hydrogens is 244 g/mol. The Morgan fingerprint density at radius 3 is 2.39 bits per heavy atom. The Bertz CT molecular complexity index is 478. The van der Waals surface area contributed by atoms with E-state index in [2.05, 4.69) is 11.0 Å². The molecule has 3 heteroatoms. The number of rotatable bonds is 1. The van der Waals surface area contributed by atoms with Crippen LogP contribution in [0.1, 0.15) is 31.2 Å². The van der Waals surface area contributed by atoms with Gasteiger partial charge in [-0.15, -0.1) is 0 Å². The topological polar surface area (TPSA) is 27.0 Å². The molecule has 2 fully saturated rings. The minimum atomic E-state index is 0.567. The molecule has 0 spiro atoms. The molecule has 1 aromatic carbocycles. The van der Waals surface area contributed by atoms with E-state index in [4.69, 9.17) is 16.9 Å². The molecule has 1 aliphatic heterocycles. The molecule has 0 amide bonds. The summed E-state index contributed by atoms with van der Waals surface area (Å²) in [6.07, 6.45) is 5.54. The van der Waals surface area contributed by atoms with E-state index in [-0.39, 0.29) is 0 Å². The zero-order chi connectivity index (χ0) is 12.5. The highest BCUT2D eigenvalue weighted by Crippen LogP contribution is 2.38. The molecule has 0 aromatic heterocycles. The zero-order valence-corrected chi connectivity index (χ0v) is 11.2.